The van der Waals surface area contributed by atoms with Crippen molar-refractivity contribution in [1.82, 2.24) is 4.98 Å². The van der Waals surface area contributed by atoms with E-state index >= 15 is 0 Å². The molecule has 0 radical (unpaired) electrons. The van der Waals surface area contributed by atoms with E-state index in [0.29, 0.717) is 0 Å². The van der Waals surface area contributed by atoms with Gasteiger partial charge in [-0.1, -0.05) is 6.92 Å². The maximum atomic E-state index is 8.94. The van der Waals surface area contributed by atoms with Gasteiger partial charge in [-0.3, -0.25) is 0 Å². The quantitative estimate of drug-likeness (QED) is 0.831. The smallest absolute Gasteiger partial charge is 0.113 e. The van der Waals surface area contributed by atoms with Gasteiger partial charge in [0.1, 0.15) is 10.4 Å². The highest BCUT2D eigenvalue weighted by atomic mass is 32.1. The van der Waals surface area contributed by atoms with Crippen LogP contribution in [0.5, 0.6) is 0 Å². The first kappa shape index (κ1) is 11.2. The zero-order valence-electron chi connectivity index (χ0n) is 8.74. The third kappa shape index (κ3) is 2.11. The van der Waals surface area contributed by atoms with Crippen molar-refractivity contribution in [2.75, 3.05) is 0 Å². The molecule has 1 atom stereocenters. The summed E-state index contributed by atoms with van der Waals surface area (Å²) >= 11 is 1.51. The van der Waals surface area contributed by atoms with Crippen LogP contribution in [-0.4, -0.2) is 4.98 Å². The molecule has 0 fully saturated rings. The summed E-state index contributed by atoms with van der Waals surface area (Å²) in [6.45, 7) is 5.76. The Bertz CT molecular complexity index is 348. The molecule has 0 saturated heterocycles. The van der Waals surface area contributed by atoms with E-state index in [1.807, 2.05) is 26.2 Å². The van der Waals surface area contributed by atoms with E-state index in [1.54, 1.807) is 0 Å². The van der Waals surface area contributed by atoms with Crippen molar-refractivity contribution < 1.29 is 0 Å². The van der Waals surface area contributed by atoms with E-state index in [-0.39, 0.29) is 6.04 Å². The summed E-state index contributed by atoms with van der Waals surface area (Å²) in [7, 11) is 0. The zero-order chi connectivity index (χ0) is 10.8. The molecule has 0 aliphatic rings. The highest BCUT2D eigenvalue weighted by molar-refractivity contribution is 7.09. The maximum absolute atomic E-state index is 8.94. The second-order valence-electron chi connectivity index (χ2n) is 3.83. The van der Waals surface area contributed by atoms with Crippen molar-refractivity contribution in [3.63, 3.8) is 0 Å². The number of aromatic nitrogens is 1. The van der Waals surface area contributed by atoms with E-state index in [2.05, 4.69) is 11.1 Å². The van der Waals surface area contributed by atoms with Crippen LogP contribution in [0.2, 0.25) is 0 Å². The topological polar surface area (TPSA) is 62.7 Å². The highest BCUT2D eigenvalue weighted by Crippen LogP contribution is 2.27. The van der Waals surface area contributed by atoms with Gasteiger partial charge in [0.2, 0.25) is 0 Å². The second-order valence-corrected chi connectivity index (χ2v) is 4.69. The number of hydrogen-bond donors (Lipinski definition) is 1. The monoisotopic (exact) mass is 209 g/mol. The van der Waals surface area contributed by atoms with E-state index in [0.717, 1.165) is 17.1 Å². The van der Waals surface area contributed by atoms with Crippen LogP contribution in [0.1, 0.15) is 43.9 Å². The summed E-state index contributed by atoms with van der Waals surface area (Å²) in [5.74, 6) is 0. The fraction of sp³-hybridized carbons (Fsp3) is 0.600. The summed E-state index contributed by atoms with van der Waals surface area (Å²) in [5, 5.41) is 11.7. The minimum Gasteiger partial charge on any atom is -0.323 e. The first-order valence-electron chi connectivity index (χ1n) is 4.64. The molecular weight excluding hydrogens is 194 g/mol. The molecule has 2 N–H and O–H groups in total. The number of nitrogens with zero attached hydrogens (tertiary/aromatic N) is 2. The summed E-state index contributed by atoms with van der Waals surface area (Å²) < 4.78 is 0. The summed E-state index contributed by atoms with van der Waals surface area (Å²) in [5.41, 5.74) is 6.25. The number of nitriles is 1. The molecule has 14 heavy (non-hydrogen) atoms. The second kappa shape index (κ2) is 4.07. The van der Waals surface area contributed by atoms with Gasteiger partial charge in [0.25, 0.3) is 0 Å². The van der Waals surface area contributed by atoms with Gasteiger partial charge in [0.15, 0.2) is 0 Å². The minimum atomic E-state index is -0.504. The lowest BCUT2D eigenvalue weighted by Gasteiger charge is -2.10. The van der Waals surface area contributed by atoms with Crippen LogP contribution >= 0.6 is 11.3 Å². The molecule has 0 spiro atoms. The fourth-order valence-electron chi connectivity index (χ4n) is 1.00. The Kier molecular flexibility index (Phi) is 3.25. The normalized spacial score (nSPS) is 13.6. The fourth-order valence-corrected chi connectivity index (χ4v) is 1.96. The third-order valence-corrected chi connectivity index (χ3v) is 3.34. The molecule has 0 bridgehead atoms. The zero-order valence-corrected chi connectivity index (χ0v) is 9.56. The lowest BCUT2D eigenvalue weighted by atomic mass is 9.97. The van der Waals surface area contributed by atoms with Gasteiger partial charge in [-0.15, -0.1) is 11.3 Å². The van der Waals surface area contributed by atoms with E-state index < -0.39 is 5.41 Å². The van der Waals surface area contributed by atoms with Crippen LogP contribution in [0.25, 0.3) is 0 Å². The van der Waals surface area contributed by atoms with Crippen LogP contribution in [0.3, 0.4) is 0 Å². The Morgan fingerprint density at radius 1 is 1.71 bits per heavy atom. The van der Waals surface area contributed by atoms with Gasteiger partial charge in [-0.05, 0) is 20.3 Å². The largest absolute Gasteiger partial charge is 0.323 e. The first-order chi connectivity index (χ1) is 6.51. The average Bonchev–Trinajstić information content (AvgIpc) is 2.66. The molecule has 3 nitrogen and oxygen atoms in total. The average molecular weight is 209 g/mol. The van der Waals surface area contributed by atoms with Crippen molar-refractivity contribution in [2.24, 2.45) is 5.73 Å². The standard InChI is InChI=1S/C10H15N3S/c1-4-7(12)8-5-14-9(13-8)10(2,3)6-11/h5,7H,4,12H2,1-3H3. The van der Waals surface area contributed by atoms with Gasteiger partial charge in [-0.25, -0.2) is 4.98 Å². The Labute approximate surface area is 88.6 Å². The van der Waals surface area contributed by atoms with Crippen molar-refractivity contribution >= 4 is 11.3 Å². The lowest BCUT2D eigenvalue weighted by Crippen LogP contribution is -2.15. The number of nitrogens with two attached hydrogens (primary N) is 1. The van der Waals surface area contributed by atoms with Crippen LogP contribution in [0, 0.1) is 11.3 Å². The van der Waals surface area contributed by atoms with Crippen LogP contribution in [0.15, 0.2) is 5.38 Å². The van der Waals surface area contributed by atoms with E-state index in [9.17, 15) is 0 Å². The first-order valence-corrected chi connectivity index (χ1v) is 5.52. The number of hydrogen-bond acceptors (Lipinski definition) is 4. The number of thiazole rings is 1. The molecule has 1 heterocycles. The predicted molar refractivity (Wildman–Crippen MR) is 58.0 cm³/mol. The van der Waals surface area contributed by atoms with Gasteiger partial charge < -0.3 is 5.73 Å². The Balaban J connectivity index is 2.95. The van der Waals surface area contributed by atoms with Gasteiger partial charge in [-0.2, -0.15) is 5.26 Å². The Morgan fingerprint density at radius 3 is 2.86 bits per heavy atom. The van der Waals surface area contributed by atoms with Crippen LogP contribution in [-0.2, 0) is 5.41 Å². The molecule has 0 amide bonds. The van der Waals surface area contributed by atoms with Crippen LogP contribution < -0.4 is 5.73 Å². The van der Waals surface area contributed by atoms with Gasteiger partial charge in [0, 0.05) is 11.4 Å². The molecule has 0 aromatic carbocycles. The van der Waals surface area contributed by atoms with E-state index in [4.69, 9.17) is 11.0 Å². The molecule has 1 unspecified atom stereocenters. The molecule has 1 rings (SSSR count). The third-order valence-electron chi connectivity index (χ3n) is 2.16. The maximum Gasteiger partial charge on any atom is 0.113 e. The minimum absolute atomic E-state index is 0.00510. The Hall–Kier alpha value is -0.920. The van der Waals surface area contributed by atoms with Crippen molar-refractivity contribution in [3.8, 4) is 6.07 Å². The van der Waals surface area contributed by atoms with Gasteiger partial charge >= 0.3 is 0 Å². The van der Waals surface area contributed by atoms with Crippen molar-refractivity contribution in [1.29, 1.82) is 5.26 Å². The summed E-state index contributed by atoms with van der Waals surface area (Å²) in [4.78, 5) is 4.39. The molecular formula is C10H15N3S. The molecule has 1 aromatic heterocycles. The molecule has 1 aromatic rings. The highest BCUT2D eigenvalue weighted by Gasteiger charge is 2.24. The molecule has 76 valence electrons. The Morgan fingerprint density at radius 2 is 2.36 bits per heavy atom. The van der Waals surface area contributed by atoms with E-state index in [1.165, 1.54) is 11.3 Å². The summed E-state index contributed by atoms with van der Waals surface area (Å²) in [6, 6.07) is 2.23. The number of rotatable bonds is 3. The summed E-state index contributed by atoms with van der Waals surface area (Å²) in [6.07, 6.45) is 0.871. The molecule has 4 heteroatoms. The van der Waals surface area contributed by atoms with Crippen LogP contribution in [0.4, 0.5) is 0 Å². The molecule has 0 aliphatic heterocycles. The lowest BCUT2D eigenvalue weighted by molar-refractivity contribution is 0.645. The van der Waals surface area contributed by atoms with Crippen molar-refractivity contribution in [3.05, 3.63) is 16.1 Å². The molecule has 0 aliphatic carbocycles. The SMILES string of the molecule is CCC(N)c1csc(C(C)(C)C#N)n1. The molecule has 0 saturated carbocycles. The van der Waals surface area contributed by atoms with Gasteiger partial charge in [0.05, 0.1) is 11.8 Å². The predicted octanol–water partition coefficient (Wildman–Crippen LogP) is 2.35. The van der Waals surface area contributed by atoms with Crippen molar-refractivity contribution in [2.45, 2.75) is 38.6 Å².